The summed E-state index contributed by atoms with van der Waals surface area (Å²) in [6, 6.07) is 7.67. The average molecular weight is 218 g/mol. The Balaban J connectivity index is 1.94. The third-order valence-electron chi connectivity index (χ3n) is 3.20. The van der Waals surface area contributed by atoms with E-state index in [4.69, 9.17) is 5.73 Å². The summed E-state index contributed by atoms with van der Waals surface area (Å²) in [5.74, 6) is 1.10. The van der Waals surface area contributed by atoms with Crippen LogP contribution in [0, 0.1) is 11.8 Å². The third-order valence-corrected chi connectivity index (χ3v) is 3.20. The van der Waals surface area contributed by atoms with E-state index >= 15 is 0 Å². The van der Waals surface area contributed by atoms with Crippen LogP contribution in [0.4, 0.5) is 5.69 Å². The summed E-state index contributed by atoms with van der Waals surface area (Å²) in [4.78, 5) is 13.7. The predicted molar refractivity (Wildman–Crippen MR) is 64.6 cm³/mol. The van der Waals surface area contributed by atoms with Crippen LogP contribution in [0.25, 0.3) is 0 Å². The quantitative estimate of drug-likeness (QED) is 0.787. The molecule has 1 aliphatic carbocycles. The number of carbonyl (C=O) groups is 1. The second kappa shape index (κ2) is 4.16. The van der Waals surface area contributed by atoms with E-state index in [1.165, 1.54) is 0 Å². The molecule has 1 aromatic rings. The van der Waals surface area contributed by atoms with E-state index in [1.807, 2.05) is 31.3 Å². The fourth-order valence-corrected chi connectivity index (χ4v) is 1.92. The topological polar surface area (TPSA) is 46.3 Å². The monoisotopic (exact) mass is 218 g/mol. The van der Waals surface area contributed by atoms with E-state index in [9.17, 15) is 4.79 Å². The SMILES string of the molecule is CC1CC1C(=O)N(C)Cc1ccc(N)cc1. The van der Waals surface area contributed by atoms with E-state index < -0.39 is 0 Å². The lowest BCUT2D eigenvalue weighted by Gasteiger charge is -2.17. The molecule has 0 bridgehead atoms. The van der Waals surface area contributed by atoms with Crippen LogP contribution in [0.15, 0.2) is 24.3 Å². The highest BCUT2D eigenvalue weighted by Crippen LogP contribution is 2.39. The van der Waals surface area contributed by atoms with Crippen molar-refractivity contribution in [1.29, 1.82) is 0 Å². The van der Waals surface area contributed by atoms with Gasteiger partial charge < -0.3 is 10.6 Å². The Morgan fingerprint density at radius 3 is 2.50 bits per heavy atom. The van der Waals surface area contributed by atoms with Gasteiger partial charge in [-0.1, -0.05) is 19.1 Å². The van der Waals surface area contributed by atoms with Gasteiger partial charge in [-0.2, -0.15) is 0 Å². The Labute approximate surface area is 96.2 Å². The number of hydrogen-bond donors (Lipinski definition) is 1. The van der Waals surface area contributed by atoms with E-state index in [0.29, 0.717) is 12.5 Å². The highest BCUT2D eigenvalue weighted by molar-refractivity contribution is 5.81. The van der Waals surface area contributed by atoms with Crippen LogP contribution in [-0.4, -0.2) is 17.9 Å². The number of amides is 1. The zero-order valence-electron chi connectivity index (χ0n) is 9.81. The maximum Gasteiger partial charge on any atom is 0.226 e. The summed E-state index contributed by atoms with van der Waals surface area (Å²) in [6.07, 6.45) is 1.05. The van der Waals surface area contributed by atoms with Crippen LogP contribution in [-0.2, 0) is 11.3 Å². The highest BCUT2D eigenvalue weighted by atomic mass is 16.2. The van der Waals surface area contributed by atoms with E-state index in [2.05, 4.69) is 6.92 Å². The van der Waals surface area contributed by atoms with Crippen molar-refractivity contribution >= 4 is 11.6 Å². The van der Waals surface area contributed by atoms with Gasteiger partial charge in [0.15, 0.2) is 0 Å². The summed E-state index contributed by atoms with van der Waals surface area (Å²) >= 11 is 0. The average Bonchev–Trinajstić information content (AvgIpc) is 2.98. The maximum absolute atomic E-state index is 11.9. The Kier molecular flexibility index (Phi) is 2.86. The smallest absolute Gasteiger partial charge is 0.226 e. The van der Waals surface area contributed by atoms with Gasteiger partial charge in [-0.05, 0) is 30.0 Å². The Morgan fingerprint density at radius 2 is 2.00 bits per heavy atom. The summed E-state index contributed by atoms with van der Waals surface area (Å²) in [6.45, 7) is 2.79. The molecule has 0 heterocycles. The molecule has 2 N–H and O–H groups in total. The summed E-state index contributed by atoms with van der Waals surface area (Å²) in [5, 5.41) is 0. The molecule has 3 nitrogen and oxygen atoms in total. The van der Waals surface area contributed by atoms with Crippen LogP contribution >= 0.6 is 0 Å². The standard InChI is InChI=1S/C13H18N2O/c1-9-7-12(9)13(16)15(2)8-10-3-5-11(14)6-4-10/h3-6,9,12H,7-8,14H2,1-2H3. The Morgan fingerprint density at radius 1 is 1.44 bits per heavy atom. The lowest BCUT2D eigenvalue weighted by atomic mass is 10.2. The number of nitrogen functional groups attached to an aromatic ring is 1. The molecule has 1 aromatic carbocycles. The molecule has 0 aliphatic heterocycles. The Hall–Kier alpha value is -1.51. The van der Waals surface area contributed by atoms with Crippen LogP contribution < -0.4 is 5.73 Å². The minimum absolute atomic E-state index is 0.263. The lowest BCUT2D eigenvalue weighted by molar-refractivity contribution is -0.132. The number of nitrogens with zero attached hydrogens (tertiary/aromatic N) is 1. The molecule has 3 heteroatoms. The first kappa shape index (κ1) is 11.0. The van der Waals surface area contributed by atoms with Gasteiger partial charge in [-0.3, -0.25) is 4.79 Å². The van der Waals surface area contributed by atoms with Crippen molar-refractivity contribution in [2.24, 2.45) is 11.8 Å². The Bertz CT molecular complexity index is 385. The fourth-order valence-electron chi connectivity index (χ4n) is 1.92. The normalized spacial score (nSPS) is 22.9. The first-order valence-electron chi connectivity index (χ1n) is 5.67. The van der Waals surface area contributed by atoms with Crippen molar-refractivity contribution in [1.82, 2.24) is 4.90 Å². The molecule has 1 aliphatic rings. The van der Waals surface area contributed by atoms with Crippen molar-refractivity contribution in [2.75, 3.05) is 12.8 Å². The van der Waals surface area contributed by atoms with Gasteiger partial charge in [0.25, 0.3) is 0 Å². The molecule has 16 heavy (non-hydrogen) atoms. The molecular weight excluding hydrogens is 200 g/mol. The minimum Gasteiger partial charge on any atom is -0.399 e. The van der Waals surface area contributed by atoms with Crippen LogP contribution in [0.1, 0.15) is 18.9 Å². The molecule has 0 aromatic heterocycles. The molecule has 0 spiro atoms. The number of hydrogen-bond acceptors (Lipinski definition) is 2. The zero-order chi connectivity index (χ0) is 11.7. The van der Waals surface area contributed by atoms with Crippen molar-refractivity contribution in [2.45, 2.75) is 19.9 Å². The van der Waals surface area contributed by atoms with Crippen molar-refractivity contribution < 1.29 is 4.79 Å². The van der Waals surface area contributed by atoms with Crippen molar-refractivity contribution in [3.63, 3.8) is 0 Å². The second-order valence-corrected chi connectivity index (χ2v) is 4.76. The number of anilines is 1. The molecule has 1 saturated carbocycles. The fraction of sp³-hybridized carbons (Fsp3) is 0.462. The second-order valence-electron chi connectivity index (χ2n) is 4.76. The van der Waals surface area contributed by atoms with Gasteiger partial charge in [0, 0.05) is 25.2 Å². The molecule has 1 amide bonds. The maximum atomic E-state index is 11.9. The van der Waals surface area contributed by atoms with E-state index in [1.54, 1.807) is 4.90 Å². The predicted octanol–water partition coefficient (Wildman–Crippen LogP) is 1.88. The first-order valence-corrected chi connectivity index (χ1v) is 5.67. The number of rotatable bonds is 3. The number of nitrogens with two attached hydrogens (primary N) is 1. The largest absolute Gasteiger partial charge is 0.399 e. The lowest BCUT2D eigenvalue weighted by Crippen LogP contribution is -2.28. The summed E-state index contributed by atoms with van der Waals surface area (Å²) in [5.41, 5.74) is 7.49. The summed E-state index contributed by atoms with van der Waals surface area (Å²) < 4.78 is 0. The van der Waals surface area contributed by atoms with E-state index in [0.717, 1.165) is 17.7 Å². The van der Waals surface area contributed by atoms with Crippen LogP contribution in [0.5, 0.6) is 0 Å². The van der Waals surface area contributed by atoms with Crippen molar-refractivity contribution in [3.05, 3.63) is 29.8 Å². The molecule has 0 saturated heterocycles. The van der Waals surface area contributed by atoms with Gasteiger partial charge in [-0.15, -0.1) is 0 Å². The third kappa shape index (κ3) is 2.35. The van der Waals surface area contributed by atoms with Gasteiger partial charge >= 0.3 is 0 Å². The molecule has 0 radical (unpaired) electrons. The van der Waals surface area contributed by atoms with E-state index in [-0.39, 0.29) is 11.8 Å². The van der Waals surface area contributed by atoms with Gasteiger partial charge in [0.1, 0.15) is 0 Å². The van der Waals surface area contributed by atoms with Crippen LogP contribution in [0.2, 0.25) is 0 Å². The molecule has 2 atom stereocenters. The van der Waals surface area contributed by atoms with Gasteiger partial charge in [0.2, 0.25) is 5.91 Å². The number of benzene rings is 1. The van der Waals surface area contributed by atoms with Crippen LogP contribution in [0.3, 0.4) is 0 Å². The molecular formula is C13H18N2O. The zero-order valence-corrected chi connectivity index (χ0v) is 9.81. The first-order chi connectivity index (χ1) is 7.58. The number of carbonyl (C=O) groups excluding carboxylic acids is 1. The minimum atomic E-state index is 0.263. The summed E-state index contributed by atoms with van der Waals surface area (Å²) in [7, 11) is 1.86. The molecule has 2 unspecified atom stereocenters. The highest BCUT2D eigenvalue weighted by Gasteiger charge is 2.40. The molecule has 86 valence electrons. The van der Waals surface area contributed by atoms with Gasteiger partial charge in [-0.25, -0.2) is 0 Å². The van der Waals surface area contributed by atoms with Gasteiger partial charge in [0.05, 0.1) is 0 Å². The molecule has 2 rings (SSSR count). The molecule has 1 fully saturated rings. The van der Waals surface area contributed by atoms with Crippen molar-refractivity contribution in [3.8, 4) is 0 Å².